The molecular formula is C11H18N2O3S. The quantitative estimate of drug-likeness (QED) is 0.702. The molecule has 2 atom stereocenters. The van der Waals surface area contributed by atoms with Crippen molar-refractivity contribution in [2.24, 2.45) is 5.73 Å². The van der Waals surface area contributed by atoms with E-state index in [9.17, 15) is 13.5 Å². The second-order valence-corrected chi connectivity index (χ2v) is 6.04. The first-order valence-corrected chi connectivity index (χ1v) is 7.18. The maximum atomic E-state index is 11.5. The number of para-hydroxylation sites is 1. The first-order chi connectivity index (χ1) is 7.82. The second-order valence-electron chi connectivity index (χ2n) is 4.05. The van der Waals surface area contributed by atoms with E-state index in [1.165, 1.54) is 6.07 Å². The molecule has 0 amide bonds. The van der Waals surface area contributed by atoms with Gasteiger partial charge in [0.25, 0.3) is 0 Å². The summed E-state index contributed by atoms with van der Waals surface area (Å²) in [7, 11) is -3.27. The standard InChI is InChI=1S/C11H18N2O3S/c1-8(14)9(12)7-13-10-5-3-4-6-11(10)17(2,15)16/h3-6,8-9,13-14H,7,12H2,1-2H3. The van der Waals surface area contributed by atoms with Crippen LogP contribution in [0, 0.1) is 0 Å². The highest BCUT2D eigenvalue weighted by atomic mass is 32.2. The van der Waals surface area contributed by atoms with Crippen molar-refractivity contribution in [3.8, 4) is 0 Å². The summed E-state index contributed by atoms with van der Waals surface area (Å²) in [5, 5.41) is 12.2. The van der Waals surface area contributed by atoms with Crippen LogP contribution in [0.1, 0.15) is 6.92 Å². The van der Waals surface area contributed by atoms with Crippen molar-refractivity contribution in [2.75, 3.05) is 18.1 Å². The zero-order chi connectivity index (χ0) is 13.1. The molecule has 0 saturated heterocycles. The van der Waals surface area contributed by atoms with E-state index >= 15 is 0 Å². The minimum absolute atomic E-state index is 0.234. The molecule has 2 unspecified atom stereocenters. The van der Waals surface area contributed by atoms with Crippen molar-refractivity contribution in [1.82, 2.24) is 0 Å². The molecule has 5 nitrogen and oxygen atoms in total. The van der Waals surface area contributed by atoms with Crippen LogP contribution in [-0.2, 0) is 9.84 Å². The Morgan fingerprint density at radius 3 is 2.53 bits per heavy atom. The largest absolute Gasteiger partial charge is 0.392 e. The summed E-state index contributed by atoms with van der Waals surface area (Å²) in [5.74, 6) is 0. The molecule has 1 rings (SSSR count). The maximum absolute atomic E-state index is 11.5. The van der Waals surface area contributed by atoms with Gasteiger partial charge in [0, 0.05) is 18.8 Å². The van der Waals surface area contributed by atoms with Gasteiger partial charge in [-0.2, -0.15) is 0 Å². The fourth-order valence-electron chi connectivity index (χ4n) is 1.33. The molecule has 0 radical (unpaired) electrons. The van der Waals surface area contributed by atoms with Gasteiger partial charge >= 0.3 is 0 Å². The molecule has 4 N–H and O–H groups in total. The van der Waals surface area contributed by atoms with Gasteiger partial charge in [-0.1, -0.05) is 12.1 Å². The van der Waals surface area contributed by atoms with E-state index in [1.54, 1.807) is 25.1 Å². The highest BCUT2D eigenvalue weighted by Gasteiger charge is 2.14. The molecule has 0 bridgehead atoms. The van der Waals surface area contributed by atoms with Crippen LogP contribution in [0.3, 0.4) is 0 Å². The molecule has 96 valence electrons. The van der Waals surface area contributed by atoms with E-state index in [2.05, 4.69) is 5.32 Å². The highest BCUT2D eigenvalue weighted by molar-refractivity contribution is 7.90. The number of anilines is 1. The first-order valence-electron chi connectivity index (χ1n) is 5.29. The van der Waals surface area contributed by atoms with Gasteiger partial charge in [0.1, 0.15) is 0 Å². The van der Waals surface area contributed by atoms with Crippen LogP contribution in [0.25, 0.3) is 0 Å². The number of nitrogens with two attached hydrogens (primary N) is 1. The average molecular weight is 258 g/mol. The van der Waals surface area contributed by atoms with E-state index in [4.69, 9.17) is 5.73 Å². The third-order valence-corrected chi connectivity index (χ3v) is 3.59. The predicted molar refractivity (Wildman–Crippen MR) is 67.7 cm³/mol. The van der Waals surface area contributed by atoms with Crippen LogP contribution in [-0.4, -0.2) is 38.5 Å². The molecule has 0 spiro atoms. The van der Waals surface area contributed by atoms with Gasteiger partial charge in [0.05, 0.1) is 16.7 Å². The topological polar surface area (TPSA) is 92.4 Å². The lowest BCUT2D eigenvalue weighted by molar-refractivity contribution is 0.168. The molecule has 0 aliphatic heterocycles. The lowest BCUT2D eigenvalue weighted by Crippen LogP contribution is -2.38. The number of rotatable bonds is 5. The normalized spacial score (nSPS) is 15.3. The van der Waals surface area contributed by atoms with Gasteiger partial charge in [-0.3, -0.25) is 0 Å². The molecule has 1 aromatic rings. The van der Waals surface area contributed by atoms with Crippen LogP contribution in [0.4, 0.5) is 5.69 Å². The number of nitrogens with one attached hydrogen (secondary N) is 1. The molecule has 0 aromatic heterocycles. The molecule has 0 heterocycles. The monoisotopic (exact) mass is 258 g/mol. The number of aliphatic hydroxyl groups excluding tert-OH is 1. The molecule has 0 fully saturated rings. The summed E-state index contributed by atoms with van der Waals surface area (Å²) in [6.45, 7) is 1.90. The Kier molecular flexibility index (Phi) is 4.50. The van der Waals surface area contributed by atoms with E-state index in [0.717, 1.165) is 6.26 Å². The minimum Gasteiger partial charge on any atom is -0.392 e. The third-order valence-electron chi connectivity index (χ3n) is 2.43. The maximum Gasteiger partial charge on any atom is 0.177 e. The average Bonchev–Trinajstić information content (AvgIpc) is 2.24. The Balaban J connectivity index is 2.85. The smallest absolute Gasteiger partial charge is 0.177 e. The molecule has 1 aromatic carbocycles. The van der Waals surface area contributed by atoms with Gasteiger partial charge in [-0.05, 0) is 19.1 Å². The predicted octanol–water partition coefficient (Wildman–Crippen LogP) is 0.210. The van der Waals surface area contributed by atoms with E-state index < -0.39 is 22.0 Å². The fraction of sp³-hybridized carbons (Fsp3) is 0.455. The number of sulfone groups is 1. The first kappa shape index (κ1) is 14.0. The van der Waals surface area contributed by atoms with E-state index in [0.29, 0.717) is 12.2 Å². The van der Waals surface area contributed by atoms with Crippen molar-refractivity contribution in [1.29, 1.82) is 0 Å². The van der Waals surface area contributed by atoms with Crippen molar-refractivity contribution in [3.05, 3.63) is 24.3 Å². The van der Waals surface area contributed by atoms with Crippen LogP contribution in [0.5, 0.6) is 0 Å². The Labute approximate surface area is 102 Å². The van der Waals surface area contributed by atoms with Crippen molar-refractivity contribution < 1.29 is 13.5 Å². The highest BCUT2D eigenvalue weighted by Crippen LogP contribution is 2.20. The lowest BCUT2D eigenvalue weighted by Gasteiger charge is -2.17. The summed E-state index contributed by atoms with van der Waals surface area (Å²) in [5.41, 5.74) is 6.17. The van der Waals surface area contributed by atoms with Crippen molar-refractivity contribution >= 4 is 15.5 Å². The van der Waals surface area contributed by atoms with Gasteiger partial charge < -0.3 is 16.2 Å². The molecule has 0 saturated carbocycles. The molecule has 6 heteroatoms. The van der Waals surface area contributed by atoms with Crippen molar-refractivity contribution in [3.63, 3.8) is 0 Å². The Bertz CT molecular complexity index is 471. The Morgan fingerprint density at radius 2 is 2.00 bits per heavy atom. The third kappa shape index (κ3) is 3.99. The SMILES string of the molecule is CC(O)C(N)CNc1ccccc1S(C)(=O)=O. The van der Waals surface area contributed by atoms with Gasteiger partial charge in [-0.15, -0.1) is 0 Å². The zero-order valence-electron chi connectivity index (χ0n) is 9.92. The Hall–Kier alpha value is -1.11. The fourth-order valence-corrected chi connectivity index (χ4v) is 2.20. The van der Waals surface area contributed by atoms with Crippen molar-refractivity contribution in [2.45, 2.75) is 24.0 Å². The van der Waals surface area contributed by atoms with Crippen LogP contribution in [0.15, 0.2) is 29.2 Å². The van der Waals surface area contributed by atoms with Gasteiger partial charge in [0.2, 0.25) is 0 Å². The molecule has 0 aliphatic carbocycles. The minimum atomic E-state index is -3.27. The van der Waals surface area contributed by atoms with Crippen LogP contribution < -0.4 is 11.1 Å². The number of aliphatic hydroxyl groups is 1. The molecule has 0 aliphatic rings. The summed E-state index contributed by atoms with van der Waals surface area (Å²) < 4.78 is 23.0. The summed E-state index contributed by atoms with van der Waals surface area (Å²) in [4.78, 5) is 0.234. The Morgan fingerprint density at radius 1 is 1.41 bits per heavy atom. The zero-order valence-corrected chi connectivity index (χ0v) is 10.7. The molecular weight excluding hydrogens is 240 g/mol. The summed E-state index contributed by atoms with van der Waals surface area (Å²) in [6.07, 6.45) is 0.509. The second kappa shape index (κ2) is 5.48. The van der Waals surface area contributed by atoms with E-state index in [1.807, 2.05) is 0 Å². The summed E-state index contributed by atoms with van der Waals surface area (Å²) >= 11 is 0. The van der Waals surface area contributed by atoms with Crippen LogP contribution >= 0.6 is 0 Å². The van der Waals surface area contributed by atoms with Gasteiger partial charge in [-0.25, -0.2) is 8.42 Å². The molecule has 17 heavy (non-hydrogen) atoms. The summed E-state index contributed by atoms with van der Waals surface area (Å²) in [6, 6.07) is 6.17. The van der Waals surface area contributed by atoms with Crippen LogP contribution in [0.2, 0.25) is 0 Å². The number of benzene rings is 1. The number of hydrogen-bond acceptors (Lipinski definition) is 5. The lowest BCUT2D eigenvalue weighted by atomic mass is 10.2. The van der Waals surface area contributed by atoms with E-state index in [-0.39, 0.29) is 4.90 Å². The number of hydrogen-bond donors (Lipinski definition) is 3. The van der Waals surface area contributed by atoms with Gasteiger partial charge in [0.15, 0.2) is 9.84 Å².